The van der Waals surface area contributed by atoms with E-state index < -0.39 is 16.1 Å². The molecule has 1 aromatic rings. The Hall–Kier alpha value is -1.11. The van der Waals surface area contributed by atoms with Crippen molar-refractivity contribution in [2.75, 3.05) is 26.0 Å². The van der Waals surface area contributed by atoms with Crippen molar-refractivity contribution in [2.24, 2.45) is 5.92 Å². The fourth-order valence-electron chi connectivity index (χ4n) is 2.52. The second kappa shape index (κ2) is 6.77. The number of piperidine rings is 1. The Labute approximate surface area is 126 Å². The van der Waals surface area contributed by atoms with E-state index in [9.17, 15) is 13.5 Å². The third-order valence-corrected chi connectivity index (χ3v) is 5.07. The molecule has 2 rings (SSSR count). The SMILES string of the molecule is CC(O)c1ccc(OCC2CCCN(S(C)(=O)=O)C2)cc1. The van der Waals surface area contributed by atoms with Gasteiger partial charge < -0.3 is 9.84 Å². The molecule has 1 aromatic carbocycles. The van der Waals surface area contributed by atoms with Gasteiger partial charge >= 0.3 is 0 Å². The Balaban J connectivity index is 1.88. The third kappa shape index (κ3) is 4.69. The topological polar surface area (TPSA) is 66.8 Å². The van der Waals surface area contributed by atoms with E-state index in [1.807, 2.05) is 24.3 Å². The number of nitrogens with zero attached hydrogens (tertiary/aromatic N) is 1. The van der Waals surface area contributed by atoms with Crippen molar-refractivity contribution in [1.82, 2.24) is 4.31 Å². The van der Waals surface area contributed by atoms with Crippen molar-refractivity contribution in [1.29, 1.82) is 0 Å². The number of sulfonamides is 1. The van der Waals surface area contributed by atoms with Crippen LogP contribution in [-0.2, 0) is 10.0 Å². The molecule has 0 radical (unpaired) electrons. The number of ether oxygens (including phenoxy) is 1. The first-order valence-corrected chi connectivity index (χ1v) is 9.07. The quantitative estimate of drug-likeness (QED) is 0.900. The molecule has 1 N–H and O–H groups in total. The maximum absolute atomic E-state index is 11.6. The molecule has 0 amide bonds. The molecule has 1 fully saturated rings. The van der Waals surface area contributed by atoms with E-state index in [1.54, 1.807) is 6.92 Å². The molecule has 0 aromatic heterocycles. The monoisotopic (exact) mass is 313 g/mol. The van der Waals surface area contributed by atoms with Crippen molar-refractivity contribution in [3.05, 3.63) is 29.8 Å². The lowest BCUT2D eigenvalue weighted by Crippen LogP contribution is -2.40. The number of aliphatic hydroxyl groups is 1. The molecule has 21 heavy (non-hydrogen) atoms. The number of hydrogen-bond donors (Lipinski definition) is 1. The summed E-state index contributed by atoms with van der Waals surface area (Å²) in [5.41, 5.74) is 0.850. The van der Waals surface area contributed by atoms with Gasteiger partial charge in [-0.3, -0.25) is 0 Å². The Bertz CT molecular complexity index is 554. The summed E-state index contributed by atoms with van der Waals surface area (Å²) in [6.07, 6.45) is 2.63. The van der Waals surface area contributed by atoms with E-state index in [-0.39, 0.29) is 5.92 Å². The van der Waals surface area contributed by atoms with Gasteiger partial charge in [0.15, 0.2) is 0 Å². The van der Waals surface area contributed by atoms with E-state index in [4.69, 9.17) is 4.74 Å². The summed E-state index contributed by atoms with van der Waals surface area (Å²) < 4.78 is 30.4. The Morgan fingerprint density at radius 1 is 1.38 bits per heavy atom. The van der Waals surface area contributed by atoms with Gasteiger partial charge in [-0.2, -0.15) is 0 Å². The Kier molecular flexibility index (Phi) is 5.24. The highest BCUT2D eigenvalue weighted by Gasteiger charge is 2.26. The summed E-state index contributed by atoms with van der Waals surface area (Å²) in [5, 5.41) is 9.45. The highest BCUT2D eigenvalue weighted by atomic mass is 32.2. The lowest BCUT2D eigenvalue weighted by molar-refractivity contribution is 0.180. The molecule has 2 atom stereocenters. The largest absolute Gasteiger partial charge is 0.493 e. The summed E-state index contributed by atoms with van der Waals surface area (Å²) in [6, 6.07) is 7.34. The minimum atomic E-state index is -3.11. The average Bonchev–Trinajstić information content (AvgIpc) is 2.45. The van der Waals surface area contributed by atoms with Gasteiger partial charge in [-0.1, -0.05) is 12.1 Å². The van der Waals surface area contributed by atoms with Crippen LogP contribution in [0.4, 0.5) is 0 Å². The first kappa shape index (κ1) is 16.3. The van der Waals surface area contributed by atoms with Crippen LogP contribution in [0.15, 0.2) is 24.3 Å². The van der Waals surface area contributed by atoms with Crippen molar-refractivity contribution in [2.45, 2.75) is 25.9 Å². The predicted molar refractivity (Wildman–Crippen MR) is 81.7 cm³/mol. The lowest BCUT2D eigenvalue weighted by atomic mass is 10.0. The molecule has 0 aliphatic carbocycles. The van der Waals surface area contributed by atoms with E-state index in [2.05, 4.69) is 0 Å². The van der Waals surface area contributed by atoms with Crippen LogP contribution in [0.3, 0.4) is 0 Å². The fourth-order valence-corrected chi connectivity index (χ4v) is 3.46. The van der Waals surface area contributed by atoms with E-state index >= 15 is 0 Å². The molecule has 2 unspecified atom stereocenters. The molecule has 5 nitrogen and oxygen atoms in total. The first-order chi connectivity index (χ1) is 9.86. The van der Waals surface area contributed by atoms with E-state index in [0.29, 0.717) is 19.7 Å². The minimum Gasteiger partial charge on any atom is -0.493 e. The third-order valence-electron chi connectivity index (χ3n) is 3.80. The highest BCUT2D eigenvalue weighted by Crippen LogP contribution is 2.21. The van der Waals surface area contributed by atoms with Crippen LogP contribution >= 0.6 is 0 Å². The normalized spacial score (nSPS) is 22.0. The first-order valence-electron chi connectivity index (χ1n) is 7.22. The van der Waals surface area contributed by atoms with Crippen LogP contribution in [0.5, 0.6) is 5.75 Å². The van der Waals surface area contributed by atoms with Gasteiger partial charge in [0.1, 0.15) is 5.75 Å². The molecule has 1 aliphatic heterocycles. The van der Waals surface area contributed by atoms with Gasteiger partial charge in [0.25, 0.3) is 0 Å². The second-order valence-corrected chi connectivity index (χ2v) is 7.67. The van der Waals surface area contributed by atoms with Crippen LogP contribution < -0.4 is 4.74 Å². The van der Waals surface area contributed by atoms with Crippen molar-refractivity contribution >= 4 is 10.0 Å². The maximum atomic E-state index is 11.6. The van der Waals surface area contributed by atoms with Crippen LogP contribution in [0.25, 0.3) is 0 Å². The van der Waals surface area contributed by atoms with E-state index in [1.165, 1.54) is 10.6 Å². The summed E-state index contributed by atoms with van der Waals surface area (Å²) >= 11 is 0. The highest BCUT2D eigenvalue weighted by molar-refractivity contribution is 7.88. The maximum Gasteiger partial charge on any atom is 0.211 e. The number of rotatable bonds is 5. The smallest absolute Gasteiger partial charge is 0.211 e. The second-order valence-electron chi connectivity index (χ2n) is 5.69. The van der Waals surface area contributed by atoms with Gasteiger partial charge in [-0.25, -0.2) is 12.7 Å². The Morgan fingerprint density at radius 3 is 2.62 bits per heavy atom. The molecular weight excluding hydrogens is 290 g/mol. The summed E-state index contributed by atoms with van der Waals surface area (Å²) in [5.74, 6) is 0.973. The molecule has 0 saturated carbocycles. The molecule has 0 spiro atoms. The Morgan fingerprint density at radius 2 is 2.05 bits per heavy atom. The molecule has 1 saturated heterocycles. The lowest BCUT2D eigenvalue weighted by Gasteiger charge is -2.30. The summed E-state index contributed by atoms with van der Waals surface area (Å²) in [4.78, 5) is 0. The zero-order valence-corrected chi connectivity index (χ0v) is 13.3. The minimum absolute atomic E-state index is 0.227. The number of benzene rings is 1. The number of aliphatic hydroxyl groups excluding tert-OH is 1. The van der Waals surface area contributed by atoms with Gasteiger partial charge in [0.05, 0.1) is 19.0 Å². The van der Waals surface area contributed by atoms with Crippen molar-refractivity contribution in [3.63, 3.8) is 0 Å². The molecule has 0 bridgehead atoms. The molecule has 1 aliphatic rings. The van der Waals surface area contributed by atoms with Crippen LogP contribution in [0.2, 0.25) is 0 Å². The van der Waals surface area contributed by atoms with E-state index in [0.717, 1.165) is 24.2 Å². The van der Waals surface area contributed by atoms with Gasteiger partial charge in [0, 0.05) is 19.0 Å². The average molecular weight is 313 g/mol. The van der Waals surface area contributed by atoms with Crippen LogP contribution in [0, 0.1) is 5.92 Å². The van der Waals surface area contributed by atoms with Gasteiger partial charge in [0.2, 0.25) is 10.0 Å². The van der Waals surface area contributed by atoms with Crippen molar-refractivity contribution < 1.29 is 18.3 Å². The zero-order chi connectivity index (χ0) is 15.5. The van der Waals surface area contributed by atoms with Crippen LogP contribution in [0.1, 0.15) is 31.4 Å². The molecule has 6 heteroatoms. The summed E-state index contributed by atoms with van der Waals surface area (Å²) in [6.45, 7) is 3.38. The predicted octanol–water partition coefficient (Wildman–Crippen LogP) is 1.79. The summed E-state index contributed by atoms with van der Waals surface area (Å²) in [7, 11) is -3.11. The molecule has 1 heterocycles. The molecular formula is C15H23NO4S. The number of hydrogen-bond acceptors (Lipinski definition) is 4. The van der Waals surface area contributed by atoms with Gasteiger partial charge in [-0.15, -0.1) is 0 Å². The standard InChI is InChI=1S/C15H23NO4S/c1-12(17)14-5-7-15(8-6-14)20-11-13-4-3-9-16(10-13)21(2,18)19/h5-8,12-13,17H,3-4,9-11H2,1-2H3. The van der Waals surface area contributed by atoms with Crippen molar-refractivity contribution in [3.8, 4) is 5.75 Å². The molecule has 118 valence electrons. The fraction of sp³-hybridized carbons (Fsp3) is 0.600. The zero-order valence-electron chi connectivity index (χ0n) is 12.5. The van der Waals surface area contributed by atoms with Crippen LogP contribution in [-0.4, -0.2) is 43.8 Å². The van der Waals surface area contributed by atoms with Gasteiger partial charge in [-0.05, 0) is 37.5 Å².